The monoisotopic (exact) mass is 296 g/mol. The summed E-state index contributed by atoms with van der Waals surface area (Å²) in [6.07, 6.45) is 2.54. The van der Waals surface area contributed by atoms with Crippen molar-refractivity contribution in [1.29, 1.82) is 0 Å². The fourth-order valence-electron chi connectivity index (χ4n) is 2.28. The number of amides is 2. The molecule has 1 heterocycles. The molecule has 0 aliphatic rings. The maximum Gasteiger partial charge on any atom is 0.319 e. The average Bonchev–Trinajstić information content (AvgIpc) is 2.63. The van der Waals surface area contributed by atoms with Crippen LogP contribution in [0.4, 0.5) is 10.5 Å². The Labute approximate surface area is 124 Å². The smallest absolute Gasteiger partial charge is 0.319 e. The summed E-state index contributed by atoms with van der Waals surface area (Å²) < 4.78 is 1.62. The van der Waals surface area contributed by atoms with E-state index in [4.69, 9.17) is 5.11 Å². The molecule has 0 fully saturated rings. The number of aliphatic carboxylic acids is 1. The molecular weight excluding hydrogens is 272 g/mol. The molecule has 1 aromatic rings. The number of aryl methyl sites for hydroxylation is 2. The van der Waals surface area contributed by atoms with Crippen molar-refractivity contribution in [3.8, 4) is 0 Å². The fraction of sp³-hybridized carbons (Fsp3) is 0.643. The molecule has 2 amide bonds. The molecule has 0 spiro atoms. The van der Waals surface area contributed by atoms with Gasteiger partial charge in [0.05, 0.1) is 11.4 Å². The molecule has 0 bridgehead atoms. The molecule has 0 radical (unpaired) electrons. The van der Waals surface area contributed by atoms with Crippen LogP contribution in [0.5, 0.6) is 0 Å². The molecule has 0 aliphatic carbocycles. The van der Waals surface area contributed by atoms with Crippen LogP contribution in [0.15, 0.2) is 6.20 Å². The molecule has 21 heavy (non-hydrogen) atoms. The first-order valence-corrected chi connectivity index (χ1v) is 7.04. The molecule has 0 saturated heterocycles. The number of hydrogen-bond acceptors (Lipinski definition) is 3. The lowest BCUT2D eigenvalue weighted by Crippen LogP contribution is -2.34. The Hall–Kier alpha value is -2.05. The van der Waals surface area contributed by atoms with Gasteiger partial charge in [0.2, 0.25) is 0 Å². The normalized spacial score (nSPS) is 12.2. The molecule has 7 nitrogen and oxygen atoms in total. The average molecular weight is 296 g/mol. The second kappa shape index (κ2) is 7.66. The number of nitrogens with zero attached hydrogens (tertiary/aromatic N) is 2. The van der Waals surface area contributed by atoms with E-state index in [0.29, 0.717) is 18.2 Å². The SMILES string of the molecule is Cc1nn(C)cc1NC(=O)NC[C@H](CC(=O)O)CC(C)C. The molecule has 3 N–H and O–H groups in total. The Morgan fingerprint density at radius 2 is 2.10 bits per heavy atom. The van der Waals surface area contributed by atoms with E-state index in [-0.39, 0.29) is 18.4 Å². The Bertz CT molecular complexity index is 496. The van der Waals surface area contributed by atoms with Crippen LogP contribution in [0, 0.1) is 18.8 Å². The summed E-state index contributed by atoms with van der Waals surface area (Å²) in [6, 6.07) is -0.342. The number of rotatable bonds is 7. The van der Waals surface area contributed by atoms with Crippen LogP contribution >= 0.6 is 0 Å². The zero-order chi connectivity index (χ0) is 16.0. The fourth-order valence-corrected chi connectivity index (χ4v) is 2.28. The first kappa shape index (κ1) is 17.0. The minimum absolute atomic E-state index is 0.0599. The molecule has 0 saturated carbocycles. The number of carboxylic acids is 1. The third-order valence-electron chi connectivity index (χ3n) is 3.08. The third-order valence-corrected chi connectivity index (χ3v) is 3.08. The van der Waals surface area contributed by atoms with E-state index >= 15 is 0 Å². The predicted molar refractivity (Wildman–Crippen MR) is 80.2 cm³/mol. The van der Waals surface area contributed by atoms with Gasteiger partial charge in [0.25, 0.3) is 0 Å². The molecule has 1 rings (SSSR count). The van der Waals surface area contributed by atoms with Gasteiger partial charge in [0, 0.05) is 26.2 Å². The molecule has 1 atom stereocenters. The molecule has 0 aliphatic heterocycles. The Kier molecular flexibility index (Phi) is 6.20. The quantitative estimate of drug-likeness (QED) is 0.717. The first-order valence-electron chi connectivity index (χ1n) is 7.04. The zero-order valence-corrected chi connectivity index (χ0v) is 13.0. The van der Waals surface area contributed by atoms with E-state index in [1.54, 1.807) is 17.9 Å². The molecule has 118 valence electrons. The molecule has 0 aromatic carbocycles. The van der Waals surface area contributed by atoms with Gasteiger partial charge in [0.15, 0.2) is 0 Å². The summed E-state index contributed by atoms with van der Waals surface area (Å²) in [4.78, 5) is 22.7. The maximum absolute atomic E-state index is 11.8. The first-order chi connectivity index (χ1) is 9.77. The van der Waals surface area contributed by atoms with E-state index in [9.17, 15) is 9.59 Å². The number of carbonyl (C=O) groups is 2. The van der Waals surface area contributed by atoms with Gasteiger partial charge in [-0.05, 0) is 25.2 Å². The van der Waals surface area contributed by atoms with Crippen LogP contribution in [0.3, 0.4) is 0 Å². The minimum atomic E-state index is -0.842. The van der Waals surface area contributed by atoms with Crippen molar-refractivity contribution in [2.75, 3.05) is 11.9 Å². The van der Waals surface area contributed by atoms with Gasteiger partial charge in [-0.1, -0.05) is 13.8 Å². The predicted octanol–water partition coefficient (Wildman–Crippen LogP) is 1.99. The lowest BCUT2D eigenvalue weighted by molar-refractivity contribution is -0.138. The largest absolute Gasteiger partial charge is 0.481 e. The summed E-state index contributed by atoms with van der Waals surface area (Å²) in [5, 5.41) is 18.5. The maximum atomic E-state index is 11.8. The number of hydrogen-bond donors (Lipinski definition) is 3. The van der Waals surface area contributed by atoms with Crippen molar-refractivity contribution in [3.05, 3.63) is 11.9 Å². The molecule has 7 heteroatoms. The van der Waals surface area contributed by atoms with Crippen molar-refractivity contribution >= 4 is 17.7 Å². The van der Waals surface area contributed by atoms with E-state index in [2.05, 4.69) is 15.7 Å². The van der Waals surface area contributed by atoms with Crippen molar-refractivity contribution in [1.82, 2.24) is 15.1 Å². The number of carbonyl (C=O) groups excluding carboxylic acids is 1. The van der Waals surface area contributed by atoms with Crippen LogP contribution in [0.1, 0.15) is 32.4 Å². The summed E-state index contributed by atoms with van der Waals surface area (Å²) in [6.45, 7) is 6.22. The van der Waals surface area contributed by atoms with Crippen molar-refractivity contribution in [3.63, 3.8) is 0 Å². The van der Waals surface area contributed by atoms with Crippen molar-refractivity contribution < 1.29 is 14.7 Å². The van der Waals surface area contributed by atoms with Gasteiger partial charge < -0.3 is 15.7 Å². The van der Waals surface area contributed by atoms with Gasteiger partial charge in [-0.2, -0.15) is 5.10 Å². The summed E-state index contributed by atoms with van der Waals surface area (Å²) in [5.74, 6) is -0.519. The van der Waals surface area contributed by atoms with Crippen LogP contribution in [-0.4, -0.2) is 33.4 Å². The molecule has 1 aromatic heterocycles. The molecule has 0 unspecified atom stereocenters. The minimum Gasteiger partial charge on any atom is -0.481 e. The van der Waals surface area contributed by atoms with E-state index in [1.165, 1.54) is 0 Å². The van der Waals surface area contributed by atoms with Gasteiger partial charge in [0.1, 0.15) is 0 Å². The van der Waals surface area contributed by atoms with Gasteiger partial charge in [-0.15, -0.1) is 0 Å². The second-order valence-corrected chi connectivity index (χ2v) is 5.73. The Morgan fingerprint density at radius 3 is 2.57 bits per heavy atom. The standard InChI is InChI=1S/C14H24N4O3/c1-9(2)5-11(6-13(19)20)7-15-14(21)16-12-8-18(4)17-10(12)3/h8-9,11H,5-7H2,1-4H3,(H,19,20)(H2,15,16,21)/t11-/m0/s1. The lowest BCUT2D eigenvalue weighted by Gasteiger charge is -2.17. The number of nitrogens with one attached hydrogen (secondary N) is 2. The highest BCUT2D eigenvalue weighted by Gasteiger charge is 2.16. The summed E-state index contributed by atoms with van der Waals surface area (Å²) >= 11 is 0. The Balaban J connectivity index is 2.49. The highest BCUT2D eigenvalue weighted by atomic mass is 16.4. The topological polar surface area (TPSA) is 96.3 Å². The van der Waals surface area contributed by atoms with Crippen LogP contribution < -0.4 is 10.6 Å². The van der Waals surface area contributed by atoms with Crippen LogP contribution in [0.25, 0.3) is 0 Å². The summed E-state index contributed by atoms with van der Waals surface area (Å²) in [7, 11) is 1.78. The summed E-state index contributed by atoms with van der Waals surface area (Å²) in [5.41, 5.74) is 1.38. The second-order valence-electron chi connectivity index (χ2n) is 5.73. The molecular formula is C14H24N4O3. The number of urea groups is 1. The number of aromatic nitrogens is 2. The number of anilines is 1. The van der Waals surface area contributed by atoms with Crippen molar-refractivity contribution in [2.45, 2.75) is 33.6 Å². The van der Waals surface area contributed by atoms with Gasteiger partial charge in [-0.3, -0.25) is 9.48 Å². The third kappa shape index (κ3) is 6.29. The zero-order valence-electron chi connectivity index (χ0n) is 13.0. The number of carboxylic acid groups (broad SMARTS) is 1. The van der Waals surface area contributed by atoms with Crippen LogP contribution in [0.2, 0.25) is 0 Å². The van der Waals surface area contributed by atoms with Crippen molar-refractivity contribution in [2.24, 2.45) is 18.9 Å². The lowest BCUT2D eigenvalue weighted by atomic mass is 9.94. The van der Waals surface area contributed by atoms with E-state index in [1.807, 2.05) is 20.8 Å². The highest BCUT2D eigenvalue weighted by molar-refractivity contribution is 5.89. The van der Waals surface area contributed by atoms with Gasteiger partial charge in [-0.25, -0.2) is 4.79 Å². The Morgan fingerprint density at radius 1 is 1.43 bits per heavy atom. The van der Waals surface area contributed by atoms with Crippen LogP contribution in [-0.2, 0) is 11.8 Å². The van der Waals surface area contributed by atoms with Gasteiger partial charge >= 0.3 is 12.0 Å². The van der Waals surface area contributed by atoms with E-state index in [0.717, 1.165) is 12.1 Å². The van der Waals surface area contributed by atoms with E-state index < -0.39 is 5.97 Å². The highest BCUT2D eigenvalue weighted by Crippen LogP contribution is 2.15.